The number of hydrogen-bond acceptors (Lipinski definition) is 2. The van der Waals surface area contributed by atoms with Gasteiger partial charge in [-0.25, -0.2) is 0 Å². The molecule has 0 aliphatic carbocycles. The largest absolute Gasteiger partial charge is 0.351 e. The maximum atomic E-state index is 6.59. The number of para-hydroxylation sites is 1. The predicted octanol–water partition coefficient (Wildman–Crippen LogP) is 6.63. The van der Waals surface area contributed by atoms with E-state index in [-0.39, 0.29) is 12.1 Å². The summed E-state index contributed by atoms with van der Waals surface area (Å²) in [5.74, 6) is 0. The lowest BCUT2D eigenvalue weighted by Crippen LogP contribution is -2.29. The number of aryl methyl sites for hydroxylation is 2. The molecule has 0 bridgehead atoms. The molecule has 166 valence electrons. The number of benzene rings is 2. The van der Waals surface area contributed by atoms with Crippen molar-refractivity contribution in [2.75, 3.05) is 4.90 Å². The van der Waals surface area contributed by atoms with Gasteiger partial charge in [-0.1, -0.05) is 41.9 Å². The number of hydrogen-bond donors (Lipinski definition) is 1. The third-order valence-corrected chi connectivity index (χ3v) is 6.89. The summed E-state index contributed by atoms with van der Waals surface area (Å²) >= 11 is 12.5. The standard InChI is InChI=1S/C27H25ClN4S/c1-17-9-8-10-20(15-17)32-26(25(30-27(32)33)23-12-6-7-14-29-23)21-16-18(2)31(19(21)3)24-13-5-4-11-22(24)28/h4-16,25-26H,1-3H3,(H,30,33)/t25-,26-/m0/s1. The van der Waals surface area contributed by atoms with Gasteiger partial charge in [0.1, 0.15) is 0 Å². The molecule has 5 rings (SSSR count). The van der Waals surface area contributed by atoms with Gasteiger partial charge in [0.05, 0.1) is 28.5 Å². The fourth-order valence-electron chi connectivity index (χ4n) is 4.82. The lowest BCUT2D eigenvalue weighted by atomic mass is 9.96. The minimum Gasteiger partial charge on any atom is -0.351 e. The molecule has 0 saturated carbocycles. The number of pyridine rings is 1. The van der Waals surface area contributed by atoms with Crippen molar-refractivity contribution in [3.05, 3.63) is 112 Å². The number of thiocarbonyl (C=S) groups is 1. The van der Waals surface area contributed by atoms with Gasteiger partial charge in [-0.15, -0.1) is 0 Å². The maximum absolute atomic E-state index is 6.59. The third-order valence-electron chi connectivity index (χ3n) is 6.26. The van der Waals surface area contributed by atoms with Crippen LogP contribution < -0.4 is 10.2 Å². The van der Waals surface area contributed by atoms with E-state index in [0.717, 1.165) is 33.5 Å². The van der Waals surface area contributed by atoms with E-state index in [4.69, 9.17) is 23.8 Å². The molecule has 0 unspecified atom stereocenters. The normalized spacial score (nSPS) is 17.9. The van der Waals surface area contributed by atoms with Crippen LogP contribution in [0.3, 0.4) is 0 Å². The molecule has 3 heterocycles. The van der Waals surface area contributed by atoms with E-state index in [1.54, 1.807) is 0 Å². The van der Waals surface area contributed by atoms with Gasteiger partial charge in [0.2, 0.25) is 0 Å². The molecule has 0 spiro atoms. The Morgan fingerprint density at radius 1 is 0.939 bits per heavy atom. The average molecular weight is 473 g/mol. The van der Waals surface area contributed by atoms with E-state index in [2.05, 4.69) is 83.0 Å². The minimum absolute atomic E-state index is 0.0587. The van der Waals surface area contributed by atoms with Gasteiger partial charge in [-0.05, 0) is 86.6 Å². The molecule has 1 aliphatic rings. The first-order valence-corrected chi connectivity index (χ1v) is 11.8. The summed E-state index contributed by atoms with van der Waals surface area (Å²) in [6.45, 7) is 6.37. The van der Waals surface area contributed by atoms with Gasteiger partial charge in [0.15, 0.2) is 5.11 Å². The number of nitrogens with one attached hydrogen (secondary N) is 1. The van der Waals surface area contributed by atoms with E-state index < -0.39 is 0 Å². The quantitative estimate of drug-likeness (QED) is 0.338. The fraction of sp³-hybridized carbons (Fsp3) is 0.185. The van der Waals surface area contributed by atoms with Crippen LogP contribution in [-0.2, 0) is 0 Å². The first-order chi connectivity index (χ1) is 16.0. The van der Waals surface area contributed by atoms with E-state index in [1.165, 1.54) is 11.1 Å². The van der Waals surface area contributed by atoms with Gasteiger partial charge in [-0.2, -0.15) is 0 Å². The monoisotopic (exact) mass is 472 g/mol. The molecule has 1 fully saturated rings. The van der Waals surface area contributed by atoms with E-state index >= 15 is 0 Å². The average Bonchev–Trinajstić information content (AvgIpc) is 3.30. The van der Waals surface area contributed by atoms with Crippen molar-refractivity contribution in [1.29, 1.82) is 0 Å². The van der Waals surface area contributed by atoms with Crippen LogP contribution in [0, 0.1) is 20.8 Å². The Kier molecular flexibility index (Phi) is 5.69. The summed E-state index contributed by atoms with van der Waals surface area (Å²) in [4.78, 5) is 6.89. The smallest absolute Gasteiger partial charge is 0.174 e. The highest BCUT2D eigenvalue weighted by Crippen LogP contribution is 2.44. The van der Waals surface area contributed by atoms with Gasteiger partial charge in [-0.3, -0.25) is 4.98 Å². The van der Waals surface area contributed by atoms with Crippen LogP contribution in [0.4, 0.5) is 5.69 Å². The minimum atomic E-state index is -0.0839. The molecule has 4 nitrogen and oxygen atoms in total. The maximum Gasteiger partial charge on any atom is 0.174 e. The molecule has 2 aromatic heterocycles. The molecule has 1 N–H and O–H groups in total. The molecule has 2 atom stereocenters. The molecule has 2 aromatic carbocycles. The summed E-state index contributed by atoms with van der Waals surface area (Å²) in [5, 5.41) is 4.98. The van der Waals surface area contributed by atoms with Crippen LogP contribution in [-0.4, -0.2) is 14.7 Å². The number of halogens is 1. The molecular weight excluding hydrogens is 448 g/mol. The lowest BCUT2D eigenvalue weighted by Gasteiger charge is -2.28. The van der Waals surface area contributed by atoms with Crippen LogP contribution in [0.1, 0.15) is 40.3 Å². The third kappa shape index (κ3) is 3.81. The molecular formula is C27H25ClN4S. The van der Waals surface area contributed by atoms with Crippen molar-refractivity contribution in [3.8, 4) is 5.69 Å². The molecule has 33 heavy (non-hydrogen) atoms. The van der Waals surface area contributed by atoms with Crippen LogP contribution in [0.25, 0.3) is 5.69 Å². The van der Waals surface area contributed by atoms with Gasteiger partial charge in [0, 0.05) is 23.3 Å². The highest BCUT2D eigenvalue weighted by molar-refractivity contribution is 7.80. The summed E-state index contributed by atoms with van der Waals surface area (Å²) in [6, 6.07) is 24.5. The molecule has 1 aliphatic heterocycles. The van der Waals surface area contributed by atoms with Crippen LogP contribution in [0.2, 0.25) is 5.02 Å². The van der Waals surface area contributed by atoms with Crippen LogP contribution in [0.15, 0.2) is 79.0 Å². The van der Waals surface area contributed by atoms with Gasteiger partial charge >= 0.3 is 0 Å². The van der Waals surface area contributed by atoms with Crippen LogP contribution >= 0.6 is 23.8 Å². The lowest BCUT2D eigenvalue weighted by molar-refractivity contribution is 0.565. The number of rotatable bonds is 4. The molecule has 4 aromatic rings. The van der Waals surface area contributed by atoms with Crippen molar-refractivity contribution >= 4 is 34.6 Å². The predicted molar refractivity (Wildman–Crippen MR) is 139 cm³/mol. The molecule has 6 heteroatoms. The second-order valence-electron chi connectivity index (χ2n) is 8.45. The first kappa shape index (κ1) is 21.7. The van der Waals surface area contributed by atoms with Gasteiger partial charge in [0.25, 0.3) is 0 Å². The topological polar surface area (TPSA) is 33.1 Å². The molecule has 1 saturated heterocycles. The van der Waals surface area contributed by atoms with Crippen molar-refractivity contribution in [2.24, 2.45) is 0 Å². The second kappa shape index (κ2) is 8.65. The van der Waals surface area contributed by atoms with Crippen molar-refractivity contribution in [3.63, 3.8) is 0 Å². The highest BCUT2D eigenvalue weighted by Gasteiger charge is 2.42. The zero-order chi connectivity index (χ0) is 23.1. The van der Waals surface area contributed by atoms with E-state index in [1.807, 2.05) is 36.5 Å². The Balaban J connectivity index is 1.70. The van der Waals surface area contributed by atoms with Crippen molar-refractivity contribution < 1.29 is 0 Å². The van der Waals surface area contributed by atoms with Crippen molar-refractivity contribution in [1.82, 2.24) is 14.9 Å². The summed E-state index contributed by atoms with van der Waals surface area (Å²) < 4.78 is 2.23. The Labute approximate surface area is 204 Å². The van der Waals surface area contributed by atoms with Crippen molar-refractivity contribution in [2.45, 2.75) is 32.9 Å². The van der Waals surface area contributed by atoms with Gasteiger partial charge < -0.3 is 14.8 Å². The fourth-order valence-corrected chi connectivity index (χ4v) is 5.38. The number of aromatic nitrogens is 2. The Bertz CT molecular complexity index is 1330. The summed E-state index contributed by atoms with van der Waals surface area (Å²) in [6.07, 6.45) is 1.83. The first-order valence-electron chi connectivity index (χ1n) is 11.0. The number of nitrogens with zero attached hydrogens (tertiary/aromatic N) is 3. The Morgan fingerprint density at radius 2 is 1.73 bits per heavy atom. The van der Waals surface area contributed by atoms with Crippen LogP contribution in [0.5, 0.6) is 0 Å². The zero-order valence-corrected chi connectivity index (χ0v) is 20.4. The Morgan fingerprint density at radius 3 is 2.45 bits per heavy atom. The SMILES string of the molecule is Cc1cccc(N2C(=S)N[C@@H](c3ccccn3)[C@@H]2c2cc(C)n(-c3ccccc3Cl)c2C)c1. The highest BCUT2D eigenvalue weighted by atomic mass is 35.5. The molecule has 0 amide bonds. The molecule has 0 radical (unpaired) electrons. The Hall–Kier alpha value is -3.15. The zero-order valence-electron chi connectivity index (χ0n) is 18.8. The second-order valence-corrected chi connectivity index (χ2v) is 9.24. The van der Waals surface area contributed by atoms with E-state index in [9.17, 15) is 0 Å². The summed E-state index contributed by atoms with van der Waals surface area (Å²) in [7, 11) is 0. The number of anilines is 1. The summed E-state index contributed by atoms with van der Waals surface area (Å²) in [5.41, 5.74) is 7.65. The van der Waals surface area contributed by atoms with E-state index in [0.29, 0.717) is 5.11 Å².